The molecule has 7 heteroatoms. The molecule has 0 radical (unpaired) electrons. The quantitative estimate of drug-likeness (QED) is 0.731. The van der Waals surface area contributed by atoms with E-state index >= 15 is 0 Å². The zero-order valence-electron chi connectivity index (χ0n) is 19.3. The van der Waals surface area contributed by atoms with Crippen molar-refractivity contribution in [2.75, 3.05) is 36.5 Å². The van der Waals surface area contributed by atoms with Crippen LogP contribution < -0.4 is 15.0 Å². The predicted molar refractivity (Wildman–Crippen MR) is 127 cm³/mol. The number of hydrogen-bond acceptors (Lipinski definition) is 4. The third-order valence-corrected chi connectivity index (χ3v) is 6.44. The first-order valence-corrected chi connectivity index (χ1v) is 11.6. The second-order valence-electron chi connectivity index (χ2n) is 8.76. The molecule has 2 aliphatic heterocycles. The predicted octanol–water partition coefficient (Wildman–Crippen LogP) is 3.62. The van der Waals surface area contributed by atoms with Crippen molar-refractivity contribution in [2.24, 2.45) is 11.8 Å². The fourth-order valence-electron chi connectivity index (χ4n) is 4.55. The number of aryl methyl sites for hydroxylation is 1. The fourth-order valence-corrected chi connectivity index (χ4v) is 4.55. The Morgan fingerprint density at radius 2 is 1.73 bits per heavy atom. The van der Waals surface area contributed by atoms with Crippen LogP contribution in [0, 0.1) is 18.8 Å². The fraction of sp³-hybridized carbons (Fsp3) is 0.423. The van der Waals surface area contributed by atoms with Crippen LogP contribution in [-0.2, 0) is 14.4 Å². The van der Waals surface area contributed by atoms with Gasteiger partial charge in [0.05, 0.1) is 18.2 Å². The molecule has 174 valence electrons. The van der Waals surface area contributed by atoms with Crippen LogP contribution in [0.2, 0.25) is 0 Å². The van der Waals surface area contributed by atoms with E-state index in [2.05, 4.69) is 5.32 Å². The number of para-hydroxylation sites is 2. The molecular weight excluding hydrogens is 418 g/mol. The minimum atomic E-state index is -0.331. The molecule has 0 bridgehead atoms. The number of likely N-dealkylation sites (tertiary alicyclic amines) is 1. The number of benzene rings is 2. The van der Waals surface area contributed by atoms with Gasteiger partial charge < -0.3 is 19.9 Å². The summed E-state index contributed by atoms with van der Waals surface area (Å²) in [5.41, 5.74) is 2.64. The summed E-state index contributed by atoms with van der Waals surface area (Å²) in [6.45, 7) is 5.90. The standard InChI is InChI=1S/C26H31N3O4/c1-3-33-23-7-5-4-6-22(23)27-25(31)19-12-14-28(15-13-19)26(32)20-16-24(30)29(17-20)21-10-8-18(2)9-11-21/h4-11,19-20H,3,12-17H2,1-2H3,(H,27,31)/t20-/m0/s1. The van der Waals surface area contributed by atoms with E-state index in [4.69, 9.17) is 4.74 Å². The van der Waals surface area contributed by atoms with Crippen molar-refractivity contribution >= 4 is 29.1 Å². The van der Waals surface area contributed by atoms with Crippen LogP contribution in [0.5, 0.6) is 5.75 Å². The lowest BCUT2D eigenvalue weighted by Gasteiger charge is -2.33. The molecule has 33 heavy (non-hydrogen) atoms. The van der Waals surface area contributed by atoms with Crippen LogP contribution in [0.4, 0.5) is 11.4 Å². The third kappa shape index (κ3) is 5.18. The normalized spacial score (nSPS) is 19.0. The number of nitrogens with one attached hydrogen (secondary N) is 1. The van der Waals surface area contributed by atoms with Crippen molar-refractivity contribution in [1.29, 1.82) is 0 Å². The number of piperidine rings is 1. The number of anilines is 2. The van der Waals surface area contributed by atoms with Crippen LogP contribution in [0.3, 0.4) is 0 Å². The topological polar surface area (TPSA) is 79.0 Å². The van der Waals surface area contributed by atoms with Gasteiger partial charge in [0.2, 0.25) is 17.7 Å². The van der Waals surface area contributed by atoms with Gasteiger partial charge in [-0.2, -0.15) is 0 Å². The van der Waals surface area contributed by atoms with Crippen molar-refractivity contribution in [3.05, 3.63) is 54.1 Å². The summed E-state index contributed by atoms with van der Waals surface area (Å²) in [7, 11) is 0. The zero-order valence-corrected chi connectivity index (χ0v) is 19.3. The summed E-state index contributed by atoms with van der Waals surface area (Å²) in [6, 6.07) is 15.2. The Kier molecular flexibility index (Phi) is 6.96. The van der Waals surface area contributed by atoms with Crippen molar-refractivity contribution in [3.63, 3.8) is 0 Å². The Labute approximate surface area is 194 Å². The molecule has 3 amide bonds. The van der Waals surface area contributed by atoms with Crippen LogP contribution in [0.15, 0.2) is 48.5 Å². The van der Waals surface area contributed by atoms with Gasteiger partial charge in [-0.3, -0.25) is 14.4 Å². The second-order valence-corrected chi connectivity index (χ2v) is 8.76. The molecule has 0 aliphatic carbocycles. The van der Waals surface area contributed by atoms with Crippen molar-refractivity contribution in [1.82, 2.24) is 4.90 Å². The number of carbonyl (C=O) groups excluding carboxylic acids is 3. The van der Waals surface area contributed by atoms with Gasteiger partial charge in [-0.25, -0.2) is 0 Å². The molecule has 2 saturated heterocycles. The van der Waals surface area contributed by atoms with Gasteiger partial charge >= 0.3 is 0 Å². The number of hydrogen-bond donors (Lipinski definition) is 1. The monoisotopic (exact) mass is 449 g/mol. The maximum absolute atomic E-state index is 13.1. The van der Waals surface area contributed by atoms with E-state index in [0.717, 1.165) is 11.3 Å². The van der Waals surface area contributed by atoms with E-state index in [1.54, 1.807) is 4.90 Å². The lowest BCUT2D eigenvalue weighted by Crippen LogP contribution is -2.44. The Hall–Kier alpha value is -3.35. The third-order valence-electron chi connectivity index (χ3n) is 6.44. The van der Waals surface area contributed by atoms with E-state index < -0.39 is 0 Å². The van der Waals surface area contributed by atoms with Gasteiger partial charge in [-0.05, 0) is 51.0 Å². The van der Waals surface area contributed by atoms with Crippen LogP contribution >= 0.6 is 0 Å². The summed E-state index contributed by atoms with van der Waals surface area (Å²) in [6.07, 6.45) is 1.45. The smallest absolute Gasteiger partial charge is 0.228 e. The number of ether oxygens (including phenoxy) is 1. The molecule has 2 fully saturated rings. The van der Waals surface area contributed by atoms with Gasteiger partial charge in [0.15, 0.2) is 0 Å². The Morgan fingerprint density at radius 3 is 2.42 bits per heavy atom. The highest BCUT2D eigenvalue weighted by atomic mass is 16.5. The molecule has 2 aromatic carbocycles. The highest BCUT2D eigenvalue weighted by Crippen LogP contribution is 2.29. The van der Waals surface area contributed by atoms with Gasteiger partial charge in [0.1, 0.15) is 5.75 Å². The van der Waals surface area contributed by atoms with Crippen LogP contribution in [-0.4, -0.2) is 48.9 Å². The van der Waals surface area contributed by atoms with Crippen molar-refractivity contribution in [2.45, 2.75) is 33.1 Å². The summed E-state index contributed by atoms with van der Waals surface area (Å²) < 4.78 is 5.59. The molecule has 2 heterocycles. The first-order valence-electron chi connectivity index (χ1n) is 11.6. The lowest BCUT2D eigenvalue weighted by molar-refractivity contribution is -0.138. The first-order chi connectivity index (χ1) is 16.0. The minimum absolute atomic E-state index is 0.0125. The molecule has 0 aromatic heterocycles. The van der Waals surface area contributed by atoms with Crippen LogP contribution in [0.1, 0.15) is 31.7 Å². The molecule has 1 N–H and O–H groups in total. The summed E-state index contributed by atoms with van der Waals surface area (Å²) in [5, 5.41) is 2.98. The zero-order chi connectivity index (χ0) is 23.4. The average molecular weight is 450 g/mol. The maximum atomic E-state index is 13.1. The lowest BCUT2D eigenvalue weighted by atomic mass is 9.94. The van der Waals surface area contributed by atoms with E-state index in [-0.39, 0.29) is 36.0 Å². The molecule has 2 aliphatic rings. The molecule has 0 unspecified atom stereocenters. The van der Waals surface area contributed by atoms with E-state index in [9.17, 15) is 14.4 Å². The SMILES string of the molecule is CCOc1ccccc1NC(=O)C1CCN(C(=O)[C@H]2CC(=O)N(c3ccc(C)cc3)C2)CC1. The van der Waals surface area contributed by atoms with Crippen LogP contribution in [0.25, 0.3) is 0 Å². The summed E-state index contributed by atoms with van der Waals surface area (Å²) in [5.74, 6) is 0.124. The number of carbonyl (C=O) groups is 3. The highest BCUT2D eigenvalue weighted by molar-refractivity contribution is 6.00. The Morgan fingerprint density at radius 1 is 1.03 bits per heavy atom. The van der Waals surface area contributed by atoms with E-state index in [0.29, 0.717) is 50.5 Å². The Bertz CT molecular complexity index is 1010. The molecule has 2 aromatic rings. The largest absolute Gasteiger partial charge is 0.492 e. The Balaban J connectivity index is 1.31. The minimum Gasteiger partial charge on any atom is -0.492 e. The first kappa shape index (κ1) is 22.8. The van der Waals surface area contributed by atoms with Crippen molar-refractivity contribution in [3.8, 4) is 5.75 Å². The van der Waals surface area contributed by atoms with Gasteiger partial charge in [-0.15, -0.1) is 0 Å². The maximum Gasteiger partial charge on any atom is 0.228 e. The number of amides is 3. The van der Waals surface area contributed by atoms with E-state index in [1.807, 2.05) is 67.3 Å². The molecule has 1 atom stereocenters. The number of nitrogens with zero attached hydrogens (tertiary/aromatic N) is 2. The van der Waals surface area contributed by atoms with Crippen molar-refractivity contribution < 1.29 is 19.1 Å². The summed E-state index contributed by atoms with van der Waals surface area (Å²) in [4.78, 5) is 42.0. The highest BCUT2D eigenvalue weighted by Gasteiger charge is 2.38. The second kappa shape index (κ2) is 10.1. The average Bonchev–Trinajstić information content (AvgIpc) is 3.22. The molecular formula is C26H31N3O4. The molecule has 0 saturated carbocycles. The molecule has 4 rings (SSSR count). The van der Waals surface area contributed by atoms with Gasteiger partial charge in [0, 0.05) is 37.7 Å². The number of rotatable bonds is 6. The van der Waals surface area contributed by atoms with E-state index in [1.165, 1.54) is 0 Å². The molecule has 0 spiro atoms. The molecule has 7 nitrogen and oxygen atoms in total. The van der Waals surface area contributed by atoms with Gasteiger partial charge in [0.25, 0.3) is 0 Å². The van der Waals surface area contributed by atoms with Gasteiger partial charge in [-0.1, -0.05) is 29.8 Å². The summed E-state index contributed by atoms with van der Waals surface area (Å²) >= 11 is 0.